The van der Waals surface area contributed by atoms with Crippen LogP contribution >= 0.6 is 0 Å². The van der Waals surface area contributed by atoms with E-state index >= 15 is 0 Å². The van der Waals surface area contributed by atoms with Crippen molar-refractivity contribution < 1.29 is 0 Å². The molecule has 1 unspecified atom stereocenters. The van der Waals surface area contributed by atoms with Gasteiger partial charge in [-0.25, -0.2) is 4.68 Å². The highest BCUT2D eigenvalue weighted by molar-refractivity contribution is 4.70. The number of nitrogens with zero attached hydrogens (tertiary/aromatic N) is 4. The minimum Gasteiger partial charge on any atom is -0.316 e. The molecule has 0 saturated carbocycles. The van der Waals surface area contributed by atoms with Gasteiger partial charge in [-0.3, -0.25) is 0 Å². The number of hydrogen-bond acceptors (Lipinski definition) is 4. The van der Waals surface area contributed by atoms with Gasteiger partial charge in [-0.2, -0.15) is 0 Å². The van der Waals surface area contributed by atoms with E-state index in [0.29, 0.717) is 0 Å². The van der Waals surface area contributed by atoms with E-state index in [1.165, 1.54) is 19.4 Å². The highest BCUT2D eigenvalue weighted by Crippen LogP contribution is 2.12. The molecule has 5 heteroatoms. The first-order valence-corrected chi connectivity index (χ1v) is 4.36. The fraction of sp³-hybridized carbons (Fsp3) is 0.857. The fourth-order valence-electron chi connectivity index (χ4n) is 1.56. The Morgan fingerprint density at radius 2 is 2.58 bits per heavy atom. The smallest absolute Gasteiger partial charge is 0.138 e. The number of tetrazole rings is 1. The fourth-order valence-corrected chi connectivity index (χ4v) is 1.56. The molecule has 1 fully saturated rings. The van der Waals surface area contributed by atoms with Gasteiger partial charge < -0.3 is 5.32 Å². The molecular weight excluding hydrogens is 154 g/mol. The lowest BCUT2D eigenvalue weighted by molar-refractivity contribution is 0.451. The highest BCUT2D eigenvalue weighted by Gasteiger charge is 2.13. The monoisotopic (exact) mass is 167 g/mol. The Morgan fingerprint density at radius 1 is 1.58 bits per heavy atom. The lowest BCUT2D eigenvalue weighted by atomic mass is 10.1. The van der Waals surface area contributed by atoms with Crippen LogP contribution in [0, 0.1) is 5.92 Å². The maximum atomic E-state index is 3.81. The first kappa shape index (κ1) is 7.67. The molecule has 66 valence electrons. The van der Waals surface area contributed by atoms with Gasteiger partial charge in [-0.15, -0.1) is 5.10 Å². The van der Waals surface area contributed by atoms with Gasteiger partial charge in [0.2, 0.25) is 0 Å². The van der Waals surface area contributed by atoms with Gasteiger partial charge in [-0.1, -0.05) is 0 Å². The molecular formula is C7H13N5. The maximum Gasteiger partial charge on any atom is 0.138 e. The van der Waals surface area contributed by atoms with Crippen molar-refractivity contribution in [2.24, 2.45) is 5.92 Å². The van der Waals surface area contributed by atoms with Crippen molar-refractivity contribution in [2.75, 3.05) is 13.1 Å². The highest BCUT2D eigenvalue weighted by atomic mass is 15.5. The Bertz CT molecular complexity index is 214. The summed E-state index contributed by atoms with van der Waals surface area (Å²) in [4.78, 5) is 0. The summed E-state index contributed by atoms with van der Waals surface area (Å²) in [5, 5.41) is 14.3. The van der Waals surface area contributed by atoms with Gasteiger partial charge >= 0.3 is 0 Å². The van der Waals surface area contributed by atoms with E-state index in [1.807, 2.05) is 0 Å². The Hall–Kier alpha value is -0.970. The van der Waals surface area contributed by atoms with E-state index in [9.17, 15) is 0 Å². The minimum atomic E-state index is 0.814. The molecule has 0 bridgehead atoms. The summed E-state index contributed by atoms with van der Waals surface area (Å²) in [7, 11) is 0. The molecule has 0 radical (unpaired) electrons. The molecule has 5 nitrogen and oxygen atoms in total. The molecule has 1 aromatic rings. The third kappa shape index (κ3) is 1.79. The first-order chi connectivity index (χ1) is 5.95. The molecule has 1 saturated heterocycles. The van der Waals surface area contributed by atoms with E-state index < -0.39 is 0 Å². The summed E-state index contributed by atoms with van der Waals surface area (Å²) in [5.74, 6) is 0.814. The number of aryl methyl sites for hydroxylation is 1. The second kappa shape index (κ2) is 3.62. The molecule has 1 aromatic heterocycles. The van der Waals surface area contributed by atoms with Crippen molar-refractivity contribution in [2.45, 2.75) is 19.4 Å². The number of aromatic nitrogens is 4. The van der Waals surface area contributed by atoms with E-state index in [-0.39, 0.29) is 0 Å². The Balaban J connectivity index is 1.74. The summed E-state index contributed by atoms with van der Waals surface area (Å²) in [5.41, 5.74) is 0. The molecule has 1 aliphatic heterocycles. The second-order valence-electron chi connectivity index (χ2n) is 3.22. The topological polar surface area (TPSA) is 55.6 Å². The van der Waals surface area contributed by atoms with Gasteiger partial charge in [0.1, 0.15) is 6.33 Å². The number of hydrogen-bond donors (Lipinski definition) is 1. The Labute approximate surface area is 71.1 Å². The quantitative estimate of drug-likeness (QED) is 0.670. The first-order valence-electron chi connectivity index (χ1n) is 4.36. The van der Waals surface area contributed by atoms with Gasteiger partial charge in [0.05, 0.1) is 0 Å². The average molecular weight is 167 g/mol. The molecule has 0 amide bonds. The number of nitrogens with one attached hydrogen (secondary N) is 1. The van der Waals surface area contributed by atoms with Crippen molar-refractivity contribution in [1.29, 1.82) is 0 Å². The summed E-state index contributed by atoms with van der Waals surface area (Å²) in [6.07, 6.45) is 4.14. The number of rotatable bonds is 3. The minimum absolute atomic E-state index is 0.814. The van der Waals surface area contributed by atoms with Crippen LogP contribution in [0.5, 0.6) is 0 Å². The van der Waals surface area contributed by atoms with Crippen LogP contribution in [0.15, 0.2) is 6.33 Å². The van der Waals surface area contributed by atoms with Gasteiger partial charge in [0.15, 0.2) is 0 Å². The summed E-state index contributed by atoms with van der Waals surface area (Å²) in [6.45, 7) is 3.27. The van der Waals surface area contributed by atoms with E-state index in [2.05, 4.69) is 20.8 Å². The van der Waals surface area contributed by atoms with Crippen molar-refractivity contribution in [1.82, 2.24) is 25.5 Å². The lowest BCUT2D eigenvalue weighted by Gasteiger charge is -2.05. The second-order valence-corrected chi connectivity index (χ2v) is 3.22. The SMILES string of the molecule is c1nnnn1CCC1CCNC1. The van der Waals surface area contributed by atoms with Crippen LogP contribution in [0.3, 0.4) is 0 Å². The largest absolute Gasteiger partial charge is 0.316 e. The third-order valence-corrected chi connectivity index (χ3v) is 2.32. The van der Waals surface area contributed by atoms with Crippen LogP contribution in [-0.4, -0.2) is 33.3 Å². The zero-order chi connectivity index (χ0) is 8.23. The molecule has 1 aliphatic rings. The molecule has 0 spiro atoms. The van der Waals surface area contributed by atoms with Gasteiger partial charge in [0, 0.05) is 6.54 Å². The Morgan fingerprint density at radius 3 is 3.25 bits per heavy atom. The molecule has 1 atom stereocenters. The molecule has 2 rings (SSSR count). The molecule has 1 N–H and O–H groups in total. The lowest BCUT2D eigenvalue weighted by Crippen LogP contribution is -2.11. The van der Waals surface area contributed by atoms with Crippen LogP contribution in [0.25, 0.3) is 0 Å². The van der Waals surface area contributed by atoms with Crippen molar-refractivity contribution in [3.63, 3.8) is 0 Å². The van der Waals surface area contributed by atoms with Crippen LogP contribution in [-0.2, 0) is 6.54 Å². The summed E-state index contributed by atoms with van der Waals surface area (Å²) < 4.78 is 1.79. The van der Waals surface area contributed by atoms with Crippen molar-refractivity contribution >= 4 is 0 Å². The predicted molar refractivity (Wildman–Crippen MR) is 43.4 cm³/mol. The standard InChI is InChI=1S/C7H13N5/c1-3-8-5-7(1)2-4-12-6-9-10-11-12/h6-8H,1-5H2. The zero-order valence-electron chi connectivity index (χ0n) is 6.98. The maximum absolute atomic E-state index is 3.81. The zero-order valence-corrected chi connectivity index (χ0v) is 6.98. The third-order valence-electron chi connectivity index (χ3n) is 2.32. The average Bonchev–Trinajstić information content (AvgIpc) is 2.74. The molecule has 0 aromatic carbocycles. The van der Waals surface area contributed by atoms with Crippen LogP contribution in [0.2, 0.25) is 0 Å². The van der Waals surface area contributed by atoms with Crippen LogP contribution in [0.1, 0.15) is 12.8 Å². The van der Waals surface area contributed by atoms with Crippen LogP contribution < -0.4 is 5.32 Å². The van der Waals surface area contributed by atoms with E-state index in [1.54, 1.807) is 11.0 Å². The van der Waals surface area contributed by atoms with Crippen LogP contribution in [0.4, 0.5) is 0 Å². The summed E-state index contributed by atoms with van der Waals surface area (Å²) >= 11 is 0. The van der Waals surface area contributed by atoms with E-state index in [0.717, 1.165) is 19.0 Å². The van der Waals surface area contributed by atoms with Gasteiger partial charge in [-0.05, 0) is 42.3 Å². The van der Waals surface area contributed by atoms with E-state index in [4.69, 9.17) is 0 Å². The van der Waals surface area contributed by atoms with Crippen molar-refractivity contribution in [3.05, 3.63) is 6.33 Å². The normalized spacial score (nSPS) is 23.2. The predicted octanol–water partition coefficient (Wildman–Crippen LogP) is -0.327. The molecule has 2 heterocycles. The summed E-state index contributed by atoms with van der Waals surface area (Å²) in [6, 6.07) is 0. The molecule has 0 aliphatic carbocycles. The van der Waals surface area contributed by atoms with Crippen molar-refractivity contribution in [3.8, 4) is 0 Å². The van der Waals surface area contributed by atoms with Gasteiger partial charge in [0.25, 0.3) is 0 Å². The Kier molecular flexibility index (Phi) is 2.31. The molecule has 12 heavy (non-hydrogen) atoms.